The molecule has 2 fully saturated rings. The molecule has 1 amide bonds. The normalized spacial score (nSPS) is 35.4. The lowest BCUT2D eigenvalue weighted by atomic mass is 9.87. The summed E-state index contributed by atoms with van der Waals surface area (Å²) in [6.07, 6.45) is 6.40. The maximum atomic E-state index is 11.7. The third kappa shape index (κ3) is 2.64. The van der Waals surface area contributed by atoms with Gasteiger partial charge in [0.1, 0.15) is 0 Å². The Morgan fingerprint density at radius 2 is 2.31 bits per heavy atom. The molecular formula is C13H21NO2. The van der Waals surface area contributed by atoms with Gasteiger partial charge in [0.15, 0.2) is 0 Å². The van der Waals surface area contributed by atoms with Crippen molar-refractivity contribution in [2.24, 2.45) is 11.8 Å². The van der Waals surface area contributed by atoms with Gasteiger partial charge in [-0.3, -0.25) is 4.79 Å². The molecule has 0 aromatic carbocycles. The Morgan fingerprint density at radius 1 is 1.50 bits per heavy atom. The summed E-state index contributed by atoms with van der Waals surface area (Å²) in [7, 11) is 0. The second-order valence-electron chi connectivity index (χ2n) is 5.19. The molecule has 0 spiro atoms. The van der Waals surface area contributed by atoms with Gasteiger partial charge in [0.05, 0.1) is 6.10 Å². The van der Waals surface area contributed by atoms with E-state index in [-0.39, 0.29) is 12.0 Å². The van der Waals surface area contributed by atoms with Crippen LogP contribution in [-0.2, 0) is 4.79 Å². The number of aliphatic hydroxyl groups is 1. The molecule has 1 heterocycles. The summed E-state index contributed by atoms with van der Waals surface area (Å²) in [6, 6.07) is 0. The molecule has 2 rings (SSSR count). The van der Waals surface area contributed by atoms with Crippen LogP contribution in [-0.4, -0.2) is 35.1 Å². The molecule has 0 aromatic rings. The number of hydrogen-bond donors (Lipinski definition) is 1. The molecule has 1 saturated carbocycles. The zero-order chi connectivity index (χ0) is 11.5. The van der Waals surface area contributed by atoms with E-state index >= 15 is 0 Å². The lowest BCUT2D eigenvalue weighted by Gasteiger charge is -2.29. The lowest BCUT2D eigenvalue weighted by molar-refractivity contribution is -0.128. The molecule has 1 N–H and O–H groups in total. The zero-order valence-corrected chi connectivity index (χ0v) is 9.77. The quantitative estimate of drug-likeness (QED) is 0.738. The fourth-order valence-corrected chi connectivity index (χ4v) is 2.88. The summed E-state index contributed by atoms with van der Waals surface area (Å²) in [5, 5.41) is 9.60. The van der Waals surface area contributed by atoms with Gasteiger partial charge in [-0.1, -0.05) is 12.5 Å². The molecule has 0 radical (unpaired) electrons. The van der Waals surface area contributed by atoms with Crippen molar-refractivity contribution >= 4 is 5.91 Å². The molecule has 0 bridgehead atoms. The van der Waals surface area contributed by atoms with Crippen molar-refractivity contribution in [3.63, 3.8) is 0 Å². The zero-order valence-electron chi connectivity index (χ0n) is 9.77. The standard InChI is InChI=1S/C13H21NO2/c1-2-10-7-13(16)14(8-10)9-11-4-3-5-12(15)6-11/h2,10-12,15H,1,3-9H2. The van der Waals surface area contributed by atoms with Gasteiger partial charge in [-0.05, 0) is 25.2 Å². The topological polar surface area (TPSA) is 40.5 Å². The van der Waals surface area contributed by atoms with E-state index < -0.39 is 0 Å². The molecule has 3 nitrogen and oxygen atoms in total. The Labute approximate surface area is 97.1 Å². The number of carbonyl (C=O) groups excluding carboxylic acids is 1. The first kappa shape index (κ1) is 11.6. The van der Waals surface area contributed by atoms with Crippen LogP contribution < -0.4 is 0 Å². The largest absolute Gasteiger partial charge is 0.393 e. The highest BCUT2D eigenvalue weighted by atomic mass is 16.3. The molecule has 1 aliphatic carbocycles. The third-order valence-electron chi connectivity index (χ3n) is 3.81. The SMILES string of the molecule is C=CC1CC(=O)N(CC2CCCC(O)C2)C1. The number of rotatable bonds is 3. The Kier molecular flexibility index (Phi) is 3.64. The van der Waals surface area contributed by atoms with E-state index in [0.717, 1.165) is 38.8 Å². The summed E-state index contributed by atoms with van der Waals surface area (Å²) >= 11 is 0. The molecule has 0 aromatic heterocycles. The maximum absolute atomic E-state index is 11.7. The molecule has 3 heteroatoms. The second-order valence-corrected chi connectivity index (χ2v) is 5.19. The summed E-state index contributed by atoms with van der Waals surface area (Å²) in [5.41, 5.74) is 0. The van der Waals surface area contributed by atoms with E-state index in [1.54, 1.807) is 0 Å². The number of aliphatic hydroxyl groups excluding tert-OH is 1. The van der Waals surface area contributed by atoms with Gasteiger partial charge < -0.3 is 10.0 Å². The van der Waals surface area contributed by atoms with Crippen molar-refractivity contribution in [3.8, 4) is 0 Å². The summed E-state index contributed by atoms with van der Waals surface area (Å²) in [5.74, 6) is 1.09. The van der Waals surface area contributed by atoms with Crippen LogP contribution in [0.4, 0.5) is 0 Å². The van der Waals surface area contributed by atoms with Crippen LogP contribution in [0.25, 0.3) is 0 Å². The minimum atomic E-state index is -0.147. The molecule has 1 aliphatic heterocycles. The summed E-state index contributed by atoms with van der Waals surface area (Å²) in [6.45, 7) is 5.41. The maximum Gasteiger partial charge on any atom is 0.223 e. The number of likely N-dealkylation sites (tertiary alicyclic amines) is 1. The highest BCUT2D eigenvalue weighted by molar-refractivity contribution is 5.78. The highest BCUT2D eigenvalue weighted by Crippen LogP contribution is 2.27. The van der Waals surface area contributed by atoms with E-state index in [9.17, 15) is 9.90 Å². The van der Waals surface area contributed by atoms with Crippen LogP contribution in [0.1, 0.15) is 32.1 Å². The molecule has 16 heavy (non-hydrogen) atoms. The van der Waals surface area contributed by atoms with Crippen molar-refractivity contribution < 1.29 is 9.90 Å². The predicted octanol–water partition coefficient (Wildman–Crippen LogP) is 1.57. The molecule has 3 unspecified atom stereocenters. The van der Waals surface area contributed by atoms with Gasteiger partial charge in [-0.2, -0.15) is 0 Å². The van der Waals surface area contributed by atoms with Crippen LogP contribution >= 0.6 is 0 Å². The van der Waals surface area contributed by atoms with Gasteiger partial charge >= 0.3 is 0 Å². The Bertz CT molecular complexity index is 277. The fourth-order valence-electron chi connectivity index (χ4n) is 2.88. The van der Waals surface area contributed by atoms with Gasteiger partial charge in [-0.25, -0.2) is 0 Å². The smallest absolute Gasteiger partial charge is 0.223 e. The second kappa shape index (κ2) is 5.00. The van der Waals surface area contributed by atoms with Crippen LogP contribution in [0.5, 0.6) is 0 Å². The first-order valence-corrected chi connectivity index (χ1v) is 6.27. The van der Waals surface area contributed by atoms with Crippen molar-refractivity contribution in [2.75, 3.05) is 13.1 Å². The lowest BCUT2D eigenvalue weighted by Crippen LogP contribution is -2.34. The average Bonchev–Trinajstić information content (AvgIpc) is 2.60. The first-order valence-electron chi connectivity index (χ1n) is 6.27. The van der Waals surface area contributed by atoms with Gasteiger partial charge in [0.2, 0.25) is 5.91 Å². The minimum absolute atomic E-state index is 0.147. The number of hydrogen-bond acceptors (Lipinski definition) is 2. The molecule has 2 aliphatic rings. The minimum Gasteiger partial charge on any atom is -0.393 e. The van der Waals surface area contributed by atoms with Crippen molar-refractivity contribution in [1.29, 1.82) is 0 Å². The van der Waals surface area contributed by atoms with E-state index in [1.165, 1.54) is 0 Å². The molecule has 3 atom stereocenters. The van der Waals surface area contributed by atoms with Gasteiger partial charge in [-0.15, -0.1) is 6.58 Å². The predicted molar refractivity (Wildman–Crippen MR) is 62.8 cm³/mol. The number of carbonyl (C=O) groups is 1. The van der Waals surface area contributed by atoms with E-state index in [2.05, 4.69) is 6.58 Å². The fraction of sp³-hybridized carbons (Fsp3) is 0.769. The van der Waals surface area contributed by atoms with E-state index in [1.807, 2.05) is 11.0 Å². The highest BCUT2D eigenvalue weighted by Gasteiger charge is 2.30. The first-order chi connectivity index (χ1) is 7.69. The van der Waals surface area contributed by atoms with Crippen molar-refractivity contribution in [1.82, 2.24) is 4.90 Å². The molecule has 1 saturated heterocycles. The van der Waals surface area contributed by atoms with Crippen LogP contribution in [0, 0.1) is 11.8 Å². The monoisotopic (exact) mass is 223 g/mol. The summed E-state index contributed by atoms with van der Waals surface area (Å²) in [4.78, 5) is 13.7. The van der Waals surface area contributed by atoms with E-state index in [4.69, 9.17) is 0 Å². The van der Waals surface area contributed by atoms with Crippen LogP contribution in [0.2, 0.25) is 0 Å². The average molecular weight is 223 g/mol. The Morgan fingerprint density at radius 3 is 2.94 bits per heavy atom. The van der Waals surface area contributed by atoms with Crippen molar-refractivity contribution in [3.05, 3.63) is 12.7 Å². The summed E-state index contributed by atoms with van der Waals surface area (Å²) < 4.78 is 0. The third-order valence-corrected chi connectivity index (χ3v) is 3.81. The number of amides is 1. The molecule has 90 valence electrons. The van der Waals surface area contributed by atoms with Crippen LogP contribution in [0.3, 0.4) is 0 Å². The van der Waals surface area contributed by atoms with E-state index in [0.29, 0.717) is 18.3 Å². The van der Waals surface area contributed by atoms with Gasteiger partial charge in [0, 0.05) is 25.4 Å². The Hall–Kier alpha value is -0.830. The number of nitrogens with zero attached hydrogens (tertiary/aromatic N) is 1. The molecular weight excluding hydrogens is 202 g/mol. The van der Waals surface area contributed by atoms with Gasteiger partial charge in [0.25, 0.3) is 0 Å². The van der Waals surface area contributed by atoms with Crippen molar-refractivity contribution in [2.45, 2.75) is 38.2 Å². The Balaban J connectivity index is 1.85. The van der Waals surface area contributed by atoms with Crippen LogP contribution in [0.15, 0.2) is 12.7 Å².